The van der Waals surface area contributed by atoms with Crippen molar-refractivity contribution in [2.75, 3.05) is 11.6 Å². The summed E-state index contributed by atoms with van der Waals surface area (Å²) in [4.78, 5) is 23.3. The highest BCUT2D eigenvalue weighted by atomic mass is 35.5. The van der Waals surface area contributed by atoms with Crippen LogP contribution in [-0.4, -0.2) is 18.1 Å². The van der Waals surface area contributed by atoms with Crippen molar-refractivity contribution < 1.29 is 9.59 Å². The van der Waals surface area contributed by atoms with Crippen LogP contribution in [0.2, 0.25) is 5.02 Å². The third-order valence-electron chi connectivity index (χ3n) is 3.25. The summed E-state index contributed by atoms with van der Waals surface area (Å²) in [5.74, 6) is -0.501. The number of benzene rings is 2. The Bertz CT molecular complexity index is 747. The minimum absolute atomic E-state index is 0.205. The Morgan fingerprint density at radius 3 is 2.07 bits per heavy atom. The molecule has 0 saturated heterocycles. The number of rotatable bonds is 5. The van der Waals surface area contributed by atoms with E-state index >= 15 is 0 Å². The Hall–Kier alpha value is -2.24. The van der Waals surface area contributed by atoms with Crippen LogP contribution in [0.15, 0.2) is 55.1 Å². The van der Waals surface area contributed by atoms with Gasteiger partial charge >= 0.3 is 0 Å². The molecule has 0 aromatic heterocycles. The van der Waals surface area contributed by atoms with Gasteiger partial charge in [-0.05, 0) is 60.7 Å². The molecular formula is C23H33ClN2O2S. The van der Waals surface area contributed by atoms with E-state index in [0.29, 0.717) is 22.8 Å². The lowest BCUT2D eigenvalue weighted by atomic mass is 10.1. The van der Waals surface area contributed by atoms with Crippen LogP contribution in [0, 0.1) is 6.92 Å². The van der Waals surface area contributed by atoms with Crippen LogP contribution in [-0.2, 0) is 11.3 Å². The summed E-state index contributed by atoms with van der Waals surface area (Å²) in [6.45, 7) is 13.7. The number of hydrogen-bond acceptors (Lipinski definition) is 3. The lowest BCUT2D eigenvalue weighted by molar-refractivity contribution is -0.111. The largest absolute Gasteiger partial charge is 0.348 e. The van der Waals surface area contributed by atoms with Gasteiger partial charge in [-0.1, -0.05) is 58.0 Å². The fourth-order valence-electron chi connectivity index (χ4n) is 1.97. The number of hydrogen-bond donors (Lipinski definition) is 3. The Balaban J connectivity index is 0. The first-order valence-corrected chi connectivity index (χ1v) is 10.8. The van der Waals surface area contributed by atoms with Crippen molar-refractivity contribution >= 4 is 41.7 Å². The van der Waals surface area contributed by atoms with Crippen molar-refractivity contribution in [1.82, 2.24) is 5.32 Å². The van der Waals surface area contributed by atoms with E-state index < -0.39 is 0 Å². The molecule has 0 heterocycles. The van der Waals surface area contributed by atoms with Crippen LogP contribution >= 0.6 is 24.2 Å². The number of amides is 2. The highest BCUT2D eigenvalue weighted by Crippen LogP contribution is 2.17. The van der Waals surface area contributed by atoms with Crippen LogP contribution in [0.3, 0.4) is 0 Å². The molecule has 0 aliphatic heterocycles. The molecule has 160 valence electrons. The molecule has 0 bridgehead atoms. The van der Waals surface area contributed by atoms with E-state index in [0.717, 1.165) is 11.1 Å². The van der Waals surface area contributed by atoms with Gasteiger partial charge in [0, 0.05) is 22.8 Å². The quantitative estimate of drug-likeness (QED) is 0.380. The molecule has 4 nitrogen and oxygen atoms in total. The van der Waals surface area contributed by atoms with Crippen LogP contribution in [0.1, 0.15) is 49.2 Å². The van der Waals surface area contributed by atoms with Gasteiger partial charge in [0.1, 0.15) is 0 Å². The summed E-state index contributed by atoms with van der Waals surface area (Å²) in [5.41, 5.74) is 3.04. The lowest BCUT2D eigenvalue weighted by Crippen LogP contribution is -2.23. The second-order valence-corrected chi connectivity index (χ2v) is 5.46. The Labute approximate surface area is 186 Å². The van der Waals surface area contributed by atoms with Crippen molar-refractivity contribution in [3.63, 3.8) is 0 Å². The number of aryl methyl sites for hydroxylation is 1. The van der Waals surface area contributed by atoms with Crippen molar-refractivity contribution in [3.05, 3.63) is 76.8 Å². The molecule has 0 spiro atoms. The van der Waals surface area contributed by atoms with Gasteiger partial charge in [0.05, 0.1) is 0 Å². The van der Waals surface area contributed by atoms with E-state index in [1.165, 1.54) is 6.08 Å². The van der Waals surface area contributed by atoms with Gasteiger partial charge in [0.15, 0.2) is 0 Å². The van der Waals surface area contributed by atoms with Gasteiger partial charge in [-0.2, -0.15) is 12.6 Å². The first-order valence-electron chi connectivity index (χ1n) is 9.51. The zero-order chi connectivity index (χ0) is 22.8. The lowest BCUT2D eigenvalue weighted by Gasteiger charge is -2.08. The molecule has 0 atom stereocenters. The van der Waals surface area contributed by atoms with E-state index in [9.17, 15) is 9.59 Å². The second-order valence-electron chi connectivity index (χ2n) is 5.05. The molecule has 0 unspecified atom stereocenters. The molecule has 0 radical (unpaired) electrons. The molecule has 0 fully saturated rings. The zero-order valence-electron chi connectivity index (χ0n) is 18.2. The predicted octanol–water partition coefficient (Wildman–Crippen LogP) is 6.30. The topological polar surface area (TPSA) is 58.2 Å². The van der Waals surface area contributed by atoms with Gasteiger partial charge in [-0.25, -0.2) is 0 Å². The van der Waals surface area contributed by atoms with E-state index in [-0.39, 0.29) is 11.8 Å². The molecule has 0 saturated carbocycles. The third-order valence-corrected chi connectivity index (χ3v) is 3.60. The number of carbonyl (C=O) groups is 2. The number of nitrogens with one attached hydrogen (secondary N) is 2. The van der Waals surface area contributed by atoms with Crippen molar-refractivity contribution in [3.8, 4) is 0 Å². The summed E-state index contributed by atoms with van der Waals surface area (Å²) >= 11 is 9.67. The highest BCUT2D eigenvalue weighted by Gasteiger charge is 2.07. The maximum Gasteiger partial charge on any atom is 0.251 e. The van der Waals surface area contributed by atoms with E-state index in [2.05, 4.69) is 29.8 Å². The van der Waals surface area contributed by atoms with E-state index in [4.69, 9.17) is 11.6 Å². The number of halogens is 1. The van der Waals surface area contributed by atoms with Gasteiger partial charge in [-0.3, -0.25) is 9.59 Å². The summed E-state index contributed by atoms with van der Waals surface area (Å²) < 4.78 is 0. The first-order chi connectivity index (χ1) is 14.0. The fourth-order valence-corrected chi connectivity index (χ4v) is 2.27. The van der Waals surface area contributed by atoms with Crippen molar-refractivity contribution in [2.24, 2.45) is 0 Å². The molecule has 6 heteroatoms. The minimum Gasteiger partial charge on any atom is -0.348 e. The van der Waals surface area contributed by atoms with Gasteiger partial charge < -0.3 is 10.6 Å². The Kier molecular flexibility index (Phi) is 17.8. The maximum atomic E-state index is 12.1. The van der Waals surface area contributed by atoms with Gasteiger partial charge in [0.2, 0.25) is 5.91 Å². The maximum absolute atomic E-state index is 12.1. The summed E-state index contributed by atoms with van der Waals surface area (Å²) in [5, 5.41) is 6.07. The monoisotopic (exact) mass is 436 g/mol. The minimum atomic E-state index is -0.295. The molecule has 2 N–H and O–H groups in total. The fraction of sp³-hybridized carbons (Fsp3) is 0.304. The van der Waals surface area contributed by atoms with Crippen molar-refractivity contribution in [1.29, 1.82) is 0 Å². The van der Waals surface area contributed by atoms with Crippen LogP contribution < -0.4 is 10.6 Å². The molecule has 2 aromatic carbocycles. The van der Waals surface area contributed by atoms with E-state index in [1.807, 2.05) is 52.8 Å². The van der Waals surface area contributed by atoms with Gasteiger partial charge in [-0.15, -0.1) is 0 Å². The Morgan fingerprint density at radius 2 is 1.59 bits per heavy atom. The molecule has 2 amide bonds. The van der Waals surface area contributed by atoms with Crippen LogP contribution in [0.25, 0.3) is 0 Å². The molecule has 0 aliphatic carbocycles. The standard InChI is InChI=1S/C18H17ClN2O2.2C2H6.CH4S/c1-3-17(22)21-15-8-6-13(7-9-15)18(23)20-11-14-5-4-12(2)10-16(14)19;3*1-2/h3-10H,1,11H2,2H3,(H,20,23)(H,21,22);2*1-2H3;2H,1H3. The number of anilines is 1. The van der Waals surface area contributed by atoms with Crippen LogP contribution in [0.4, 0.5) is 5.69 Å². The van der Waals surface area contributed by atoms with Gasteiger partial charge in [0.25, 0.3) is 5.91 Å². The first kappa shape index (κ1) is 29.0. The molecule has 2 rings (SSSR count). The highest BCUT2D eigenvalue weighted by molar-refractivity contribution is 7.79. The van der Waals surface area contributed by atoms with E-state index in [1.54, 1.807) is 30.5 Å². The summed E-state index contributed by atoms with van der Waals surface area (Å²) in [6, 6.07) is 12.3. The zero-order valence-corrected chi connectivity index (χ0v) is 19.8. The summed E-state index contributed by atoms with van der Waals surface area (Å²) in [7, 11) is 0. The molecule has 2 aromatic rings. The average Bonchev–Trinajstić information content (AvgIpc) is 2.77. The second kappa shape index (κ2) is 17.8. The normalized spacial score (nSPS) is 8.55. The molecule has 29 heavy (non-hydrogen) atoms. The molecular weight excluding hydrogens is 404 g/mol. The smallest absolute Gasteiger partial charge is 0.251 e. The number of thiol groups is 1. The predicted molar refractivity (Wildman–Crippen MR) is 130 cm³/mol. The SMILES string of the molecule is C=CC(=O)Nc1ccc(C(=O)NCc2ccc(C)cc2Cl)cc1.CC.CC.CS. The molecule has 0 aliphatic rings. The van der Waals surface area contributed by atoms with Crippen LogP contribution in [0.5, 0.6) is 0 Å². The number of carbonyl (C=O) groups excluding carboxylic acids is 2. The summed E-state index contributed by atoms with van der Waals surface area (Å²) in [6.07, 6.45) is 2.88. The van der Waals surface area contributed by atoms with Crippen molar-refractivity contribution in [2.45, 2.75) is 41.2 Å². The Morgan fingerprint density at radius 1 is 1.03 bits per heavy atom. The third kappa shape index (κ3) is 11.4. The average molecular weight is 437 g/mol.